The Labute approximate surface area is 99.4 Å². The average Bonchev–Trinajstić information content (AvgIpc) is 2.84. The van der Waals surface area contributed by atoms with Crippen LogP contribution in [0.25, 0.3) is 0 Å². The fraction of sp³-hybridized carbons (Fsp3) is 0.538. The minimum Gasteiger partial charge on any atom is -0.391 e. The van der Waals surface area contributed by atoms with E-state index in [9.17, 15) is 13.9 Å². The third-order valence-corrected chi connectivity index (χ3v) is 3.57. The quantitative estimate of drug-likeness (QED) is 0.854. The summed E-state index contributed by atoms with van der Waals surface area (Å²) >= 11 is 0. The van der Waals surface area contributed by atoms with Crippen molar-refractivity contribution in [1.29, 1.82) is 0 Å². The van der Waals surface area contributed by atoms with Crippen molar-refractivity contribution in [2.24, 2.45) is 11.7 Å². The zero-order chi connectivity index (χ0) is 12.4. The zero-order valence-corrected chi connectivity index (χ0v) is 9.57. The smallest absolute Gasteiger partial charge is 0.128 e. The first kappa shape index (κ1) is 12.5. The van der Waals surface area contributed by atoms with Gasteiger partial charge in [-0.05, 0) is 37.0 Å². The van der Waals surface area contributed by atoms with Gasteiger partial charge in [0.2, 0.25) is 0 Å². The molecular formula is C13H17F2NO. The first-order valence-corrected chi connectivity index (χ1v) is 5.98. The van der Waals surface area contributed by atoms with Gasteiger partial charge in [0.25, 0.3) is 0 Å². The number of hydrogen-bond donors (Lipinski definition) is 2. The molecule has 0 unspecified atom stereocenters. The summed E-state index contributed by atoms with van der Waals surface area (Å²) < 4.78 is 26.6. The van der Waals surface area contributed by atoms with Crippen molar-refractivity contribution in [2.75, 3.05) is 0 Å². The van der Waals surface area contributed by atoms with E-state index in [1.54, 1.807) is 0 Å². The van der Waals surface area contributed by atoms with Gasteiger partial charge in [0.1, 0.15) is 11.6 Å². The molecule has 2 atom stereocenters. The van der Waals surface area contributed by atoms with Crippen LogP contribution < -0.4 is 5.73 Å². The third-order valence-electron chi connectivity index (χ3n) is 3.57. The minimum absolute atomic E-state index is 0.0596. The Hall–Kier alpha value is -1.00. The van der Waals surface area contributed by atoms with E-state index in [0.717, 1.165) is 43.9 Å². The molecule has 0 aromatic heterocycles. The van der Waals surface area contributed by atoms with E-state index >= 15 is 0 Å². The summed E-state index contributed by atoms with van der Waals surface area (Å²) in [5.41, 5.74) is 5.89. The number of rotatable bonds is 3. The van der Waals surface area contributed by atoms with E-state index in [1.165, 1.54) is 0 Å². The van der Waals surface area contributed by atoms with Crippen molar-refractivity contribution in [2.45, 2.75) is 37.8 Å². The summed E-state index contributed by atoms with van der Waals surface area (Å²) in [7, 11) is 0. The first-order valence-electron chi connectivity index (χ1n) is 5.98. The fourth-order valence-corrected chi connectivity index (χ4v) is 2.55. The monoisotopic (exact) mass is 241 g/mol. The molecule has 94 valence electrons. The van der Waals surface area contributed by atoms with Crippen LogP contribution in [0.5, 0.6) is 0 Å². The van der Waals surface area contributed by atoms with Crippen LogP contribution in [0.3, 0.4) is 0 Å². The van der Waals surface area contributed by atoms with E-state index in [-0.39, 0.29) is 11.5 Å². The van der Waals surface area contributed by atoms with Crippen LogP contribution >= 0.6 is 0 Å². The highest BCUT2D eigenvalue weighted by atomic mass is 19.1. The molecule has 17 heavy (non-hydrogen) atoms. The number of nitrogens with two attached hydrogens (primary N) is 1. The molecule has 1 fully saturated rings. The summed E-state index contributed by atoms with van der Waals surface area (Å²) in [4.78, 5) is 0. The fourth-order valence-electron chi connectivity index (χ4n) is 2.55. The molecule has 1 aromatic rings. The average molecular weight is 241 g/mol. The summed E-state index contributed by atoms with van der Waals surface area (Å²) in [6, 6.07) is 2.31. The van der Waals surface area contributed by atoms with Crippen LogP contribution in [0.2, 0.25) is 0 Å². The van der Waals surface area contributed by atoms with Crippen molar-refractivity contribution in [1.82, 2.24) is 0 Å². The normalized spacial score (nSPS) is 20.5. The molecule has 0 aliphatic heterocycles. The lowest BCUT2D eigenvalue weighted by Gasteiger charge is -2.24. The third kappa shape index (κ3) is 2.64. The van der Waals surface area contributed by atoms with Crippen LogP contribution in [0.1, 0.15) is 37.3 Å². The van der Waals surface area contributed by atoms with Gasteiger partial charge in [-0.2, -0.15) is 0 Å². The predicted octanol–water partition coefficient (Wildman–Crippen LogP) is 2.52. The molecular weight excluding hydrogens is 224 g/mol. The van der Waals surface area contributed by atoms with Crippen LogP contribution in [-0.2, 0) is 0 Å². The Bertz CT molecular complexity index is 391. The molecule has 1 aromatic carbocycles. The second kappa shape index (κ2) is 5.10. The van der Waals surface area contributed by atoms with Gasteiger partial charge in [-0.3, -0.25) is 0 Å². The largest absolute Gasteiger partial charge is 0.391 e. The highest BCUT2D eigenvalue weighted by Gasteiger charge is 2.30. The molecule has 4 heteroatoms. The lowest BCUT2D eigenvalue weighted by Crippen LogP contribution is -2.32. The van der Waals surface area contributed by atoms with Crippen molar-refractivity contribution >= 4 is 0 Å². The SMILES string of the molecule is N[C@H](c1cc(F)ccc1F)[C@@H](O)C1CCCC1. The van der Waals surface area contributed by atoms with E-state index in [0.29, 0.717) is 0 Å². The number of hydrogen-bond acceptors (Lipinski definition) is 2. The number of benzene rings is 1. The van der Waals surface area contributed by atoms with Crippen LogP contribution in [0.15, 0.2) is 18.2 Å². The maximum atomic E-state index is 13.5. The number of halogens is 2. The summed E-state index contributed by atoms with van der Waals surface area (Å²) in [5, 5.41) is 10.1. The van der Waals surface area contributed by atoms with E-state index in [2.05, 4.69) is 0 Å². The molecule has 0 spiro atoms. The molecule has 1 aliphatic carbocycles. The zero-order valence-electron chi connectivity index (χ0n) is 9.57. The van der Waals surface area contributed by atoms with Gasteiger partial charge in [-0.25, -0.2) is 8.78 Å². The van der Waals surface area contributed by atoms with E-state index in [4.69, 9.17) is 5.73 Å². The molecule has 1 saturated carbocycles. The first-order chi connectivity index (χ1) is 8.09. The van der Waals surface area contributed by atoms with Gasteiger partial charge in [-0.1, -0.05) is 12.8 Å². The van der Waals surface area contributed by atoms with Gasteiger partial charge in [-0.15, -0.1) is 0 Å². The number of aliphatic hydroxyl groups excluding tert-OH is 1. The van der Waals surface area contributed by atoms with Gasteiger partial charge in [0.05, 0.1) is 12.1 Å². The Kier molecular flexibility index (Phi) is 3.74. The van der Waals surface area contributed by atoms with Crippen molar-refractivity contribution in [3.63, 3.8) is 0 Å². The van der Waals surface area contributed by atoms with Crippen molar-refractivity contribution in [3.8, 4) is 0 Å². The van der Waals surface area contributed by atoms with Crippen LogP contribution in [0.4, 0.5) is 8.78 Å². The Morgan fingerprint density at radius 2 is 1.88 bits per heavy atom. The summed E-state index contributed by atoms with van der Waals surface area (Å²) in [6.45, 7) is 0. The molecule has 0 amide bonds. The topological polar surface area (TPSA) is 46.2 Å². The van der Waals surface area contributed by atoms with Gasteiger partial charge < -0.3 is 10.8 Å². The highest BCUT2D eigenvalue weighted by Crippen LogP contribution is 2.33. The molecule has 3 N–H and O–H groups in total. The van der Waals surface area contributed by atoms with Gasteiger partial charge in [0.15, 0.2) is 0 Å². The van der Waals surface area contributed by atoms with Gasteiger partial charge >= 0.3 is 0 Å². The van der Waals surface area contributed by atoms with Crippen molar-refractivity contribution < 1.29 is 13.9 Å². The summed E-state index contributed by atoms with van der Waals surface area (Å²) in [6.07, 6.45) is 3.16. The second-order valence-corrected chi connectivity index (χ2v) is 4.73. The lowest BCUT2D eigenvalue weighted by atomic mass is 9.90. The van der Waals surface area contributed by atoms with E-state index < -0.39 is 23.8 Å². The molecule has 0 radical (unpaired) electrons. The Balaban J connectivity index is 2.17. The molecule has 2 rings (SSSR count). The molecule has 2 nitrogen and oxygen atoms in total. The highest BCUT2D eigenvalue weighted by molar-refractivity contribution is 5.23. The Morgan fingerprint density at radius 3 is 2.53 bits per heavy atom. The second-order valence-electron chi connectivity index (χ2n) is 4.73. The summed E-state index contributed by atoms with van der Waals surface area (Å²) in [5.74, 6) is -0.987. The van der Waals surface area contributed by atoms with Crippen molar-refractivity contribution in [3.05, 3.63) is 35.4 Å². The predicted molar refractivity (Wildman–Crippen MR) is 61.3 cm³/mol. The number of aliphatic hydroxyl groups is 1. The maximum absolute atomic E-state index is 13.5. The van der Waals surface area contributed by atoms with Gasteiger partial charge in [0, 0.05) is 5.56 Å². The van der Waals surface area contributed by atoms with Crippen LogP contribution in [-0.4, -0.2) is 11.2 Å². The Morgan fingerprint density at radius 1 is 1.24 bits per heavy atom. The molecule has 1 aliphatic rings. The molecule has 0 saturated heterocycles. The van der Waals surface area contributed by atoms with E-state index in [1.807, 2.05) is 0 Å². The minimum atomic E-state index is -0.853. The molecule has 0 heterocycles. The van der Waals surface area contributed by atoms with Crippen LogP contribution in [0, 0.1) is 17.6 Å². The lowest BCUT2D eigenvalue weighted by molar-refractivity contribution is 0.0832. The molecule has 0 bridgehead atoms. The maximum Gasteiger partial charge on any atom is 0.128 e. The standard InChI is InChI=1S/C13H17F2NO/c14-9-5-6-11(15)10(7-9)12(16)13(17)8-3-1-2-4-8/h5-8,12-13,17H,1-4,16H2/t12-,13+/m1/s1.